The summed E-state index contributed by atoms with van der Waals surface area (Å²) < 4.78 is 0. The number of unbranched alkanes of at least 4 members (excludes halogenated alkanes) is 1. The lowest BCUT2D eigenvalue weighted by Gasteiger charge is -2.14. The first-order chi connectivity index (χ1) is 7.25. The van der Waals surface area contributed by atoms with Crippen molar-refractivity contribution < 1.29 is 4.79 Å². The summed E-state index contributed by atoms with van der Waals surface area (Å²) >= 11 is 1.86. The number of carbonyl (C=O) groups excluding carboxylic acids is 1. The van der Waals surface area contributed by atoms with Gasteiger partial charge in [0.25, 0.3) is 0 Å². The van der Waals surface area contributed by atoms with Crippen LogP contribution in [-0.4, -0.2) is 37.0 Å². The molecule has 2 atom stereocenters. The van der Waals surface area contributed by atoms with Crippen LogP contribution in [0, 0.1) is 5.92 Å². The Morgan fingerprint density at radius 2 is 2.33 bits per heavy atom. The number of hydrogen-bond donors (Lipinski definition) is 2. The SMILES string of the molecule is CSCCCCNC(=O)C1CCNC1C. The fourth-order valence-corrected chi connectivity index (χ4v) is 2.42. The average molecular weight is 230 g/mol. The molecular formula is C11H22N2OS. The zero-order chi connectivity index (χ0) is 11.1. The maximum Gasteiger partial charge on any atom is 0.224 e. The van der Waals surface area contributed by atoms with Crippen LogP contribution in [0.25, 0.3) is 0 Å². The van der Waals surface area contributed by atoms with Crippen molar-refractivity contribution in [2.75, 3.05) is 25.1 Å². The molecule has 1 aliphatic rings. The van der Waals surface area contributed by atoms with E-state index >= 15 is 0 Å². The van der Waals surface area contributed by atoms with Gasteiger partial charge in [-0.1, -0.05) is 0 Å². The van der Waals surface area contributed by atoms with E-state index in [1.807, 2.05) is 11.8 Å². The molecule has 1 saturated heterocycles. The summed E-state index contributed by atoms with van der Waals surface area (Å²) in [4.78, 5) is 11.7. The Bertz CT molecular complexity index is 199. The maximum absolute atomic E-state index is 11.7. The molecule has 3 nitrogen and oxygen atoms in total. The van der Waals surface area contributed by atoms with Crippen molar-refractivity contribution >= 4 is 17.7 Å². The molecule has 0 aromatic carbocycles. The van der Waals surface area contributed by atoms with Gasteiger partial charge in [0, 0.05) is 12.6 Å². The Morgan fingerprint density at radius 3 is 2.93 bits per heavy atom. The van der Waals surface area contributed by atoms with E-state index in [0.29, 0.717) is 6.04 Å². The number of hydrogen-bond acceptors (Lipinski definition) is 3. The van der Waals surface area contributed by atoms with Crippen LogP contribution in [0.4, 0.5) is 0 Å². The van der Waals surface area contributed by atoms with Crippen molar-refractivity contribution in [1.29, 1.82) is 0 Å². The molecule has 1 heterocycles. The zero-order valence-electron chi connectivity index (χ0n) is 9.71. The van der Waals surface area contributed by atoms with E-state index in [2.05, 4.69) is 23.8 Å². The van der Waals surface area contributed by atoms with Crippen molar-refractivity contribution in [1.82, 2.24) is 10.6 Å². The van der Waals surface area contributed by atoms with Crippen LogP contribution in [-0.2, 0) is 4.79 Å². The van der Waals surface area contributed by atoms with Crippen LogP contribution in [0.3, 0.4) is 0 Å². The van der Waals surface area contributed by atoms with Crippen LogP contribution in [0.15, 0.2) is 0 Å². The minimum atomic E-state index is 0.186. The summed E-state index contributed by atoms with van der Waals surface area (Å²) in [5, 5.41) is 6.32. The smallest absolute Gasteiger partial charge is 0.224 e. The minimum Gasteiger partial charge on any atom is -0.356 e. The van der Waals surface area contributed by atoms with E-state index in [9.17, 15) is 4.79 Å². The van der Waals surface area contributed by atoms with Gasteiger partial charge in [0.1, 0.15) is 0 Å². The third-order valence-electron chi connectivity index (χ3n) is 2.94. The molecule has 0 aliphatic carbocycles. The lowest BCUT2D eigenvalue weighted by molar-refractivity contribution is -0.125. The standard InChI is InChI=1S/C11H22N2OS/c1-9-10(5-7-12-9)11(14)13-6-3-4-8-15-2/h9-10,12H,3-8H2,1-2H3,(H,13,14). The van der Waals surface area contributed by atoms with Gasteiger partial charge >= 0.3 is 0 Å². The Kier molecular flexibility index (Phi) is 6.10. The third kappa shape index (κ3) is 4.43. The molecular weight excluding hydrogens is 208 g/mol. The van der Waals surface area contributed by atoms with Crippen molar-refractivity contribution in [3.63, 3.8) is 0 Å². The lowest BCUT2D eigenvalue weighted by atomic mass is 10.0. The molecule has 1 amide bonds. The lowest BCUT2D eigenvalue weighted by Crippen LogP contribution is -2.37. The van der Waals surface area contributed by atoms with Crippen molar-refractivity contribution in [2.45, 2.75) is 32.2 Å². The Hall–Kier alpha value is -0.220. The van der Waals surface area contributed by atoms with Gasteiger partial charge in [-0.25, -0.2) is 0 Å². The van der Waals surface area contributed by atoms with E-state index in [-0.39, 0.29) is 11.8 Å². The second-order valence-electron chi connectivity index (χ2n) is 4.13. The van der Waals surface area contributed by atoms with Crippen LogP contribution in [0.5, 0.6) is 0 Å². The molecule has 1 fully saturated rings. The highest BCUT2D eigenvalue weighted by atomic mass is 32.2. The van der Waals surface area contributed by atoms with Gasteiger partial charge in [-0.15, -0.1) is 0 Å². The van der Waals surface area contributed by atoms with Crippen molar-refractivity contribution in [3.05, 3.63) is 0 Å². The van der Waals surface area contributed by atoms with E-state index in [1.54, 1.807) is 0 Å². The van der Waals surface area contributed by atoms with Crippen LogP contribution >= 0.6 is 11.8 Å². The summed E-state index contributed by atoms with van der Waals surface area (Å²) in [5.41, 5.74) is 0. The summed E-state index contributed by atoms with van der Waals surface area (Å²) in [6.45, 7) is 3.90. The number of amides is 1. The molecule has 4 heteroatoms. The fraction of sp³-hybridized carbons (Fsp3) is 0.909. The number of nitrogens with one attached hydrogen (secondary N) is 2. The monoisotopic (exact) mass is 230 g/mol. The molecule has 88 valence electrons. The molecule has 0 radical (unpaired) electrons. The topological polar surface area (TPSA) is 41.1 Å². The highest BCUT2D eigenvalue weighted by Gasteiger charge is 2.28. The molecule has 0 saturated carbocycles. The maximum atomic E-state index is 11.7. The van der Waals surface area contributed by atoms with E-state index in [0.717, 1.165) is 25.9 Å². The summed E-state index contributed by atoms with van der Waals surface area (Å²) in [6.07, 6.45) is 5.39. The number of rotatable bonds is 6. The Balaban J connectivity index is 2.08. The normalized spacial score (nSPS) is 25.5. The molecule has 15 heavy (non-hydrogen) atoms. The molecule has 1 aliphatic heterocycles. The predicted octanol–water partition coefficient (Wildman–Crippen LogP) is 1.24. The van der Waals surface area contributed by atoms with Gasteiger partial charge in [0.2, 0.25) is 5.91 Å². The second kappa shape index (κ2) is 7.12. The largest absolute Gasteiger partial charge is 0.356 e. The second-order valence-corrected chi connectivity index (χ2v) is 5.11. The molecule has 2 unspecified atom stereocenters. The number of thioether (sulfide) groups is 1. The van der Waals surface area contributed by atoms with Gasteiger partial charge in [0.05, 0.1) is 5.92 Å². The first-order valence-electron chi connectivity index (χ1n) is 5.75. The first-order valence-corrected chi connectivity index (χ1v) is 7.15. The summed E-state index contributed by atoms with van der Waals surface area (Å²) in [7, 11) is 0. The van der Waals surface area contributed by atoms with Crippen molar-refractivity contribution in [3.8, 4) is 0 Å². The molecule has 1 rings (SSSR count). The summed E-state index contributed by atoms with van der Waals surface area (Å²) in [5.74, 6) is 1.61. The zero-order valence-corrected chi connectivity index (χ0v) is 10.5. The van der Waals surface area contributed by atoms with Crippen LogP contribution < -0.4 is 10.6 Å². The molecule has 0 spiro atoms. The van der Waals surface area contributed by atoms with Crippen LogP contribution in [0.1, 0.15) is 26.2 Å². The Labute approximate surface area is 96.8 Å². The molecule has 0 aromatic heterocycles. The fourth-order valence-electron chi connectivity index (χ4n) is 1.93. The highest BCUT2D eigenvalue weighted by molar-refractivity contribution is 7.98. The van der Waals surface area contributed by atoms with E-state index < -0.39 is 0 Å². The summed E-state index contributed by atoms with van der Waals surface area (Å²) in [6, 6.07) is 0.344. The van der Waals surface area contributed by atoms with Crippen molar-refractivity contribution in [2.24, 2.45) is 5.92 Å². The van der Waals surface area contributed by atoms with Gasteiger partial charge in [-0.05, 0) is 44.7 Å². The quantitative estimate of drug-likeness (QED) is 0.675. The average Bonchev–Trinajstić information content (AvgIpc) is 2.64. The van der Waals surface area contributed by atoms with Gasteiger partial charge in [-0.2, -0.15) is 11.8 Å². The molecule has 0 bridgehead atoms. The first kappa shape index (κ1) is 12.8. The minimum absolute atomic E-state index is 0.186. The predicted molar refractivity (Wildman–Crippen MR) is 66.2 cm³/mol. The van der Waals surface area contributed by atoms with E-state index in [1.165, 1.54) is 12.2 Å². The third-order valence-corrected chi connectivity index (χ3v) is 3.63. The van der Waals surface area contributed by atoms with Gasteiger partial charge in [0.15, 0.2) is 0 Å². The van der Waals surface area contributed by atoms with Gasteiger partial charge < -0.3 is 10.6 Å². The molecule has 0 aromatic rings. The number of carbonyl (C=O) groups is 1. The molecule has 2 N–H and O–H groups in total. The Morgan fingerprint density at radius 1 is 1.53 bits per heavy atom. The van der Waals surface area contributed by atoms with E-state index in [4.69, 9.17) is 0 Å². The van der Waals surface area contributed by atoms with Crippen LogP contribution in [0.2, 0.25) is 0 Å². The van der Waals surface area contributed by atoms with Gasteiger partial charge in [-0.3, -0.25) is 4.79 Å². The highest BCUT2D eigenvalue weighted by Crippen LogP contribution is 2.14.